The van der Waals surface area contributed by atoms with Crippen LogP contribution < -0.4 is 10.1 Å². The maximum atomic E-state index is 10.7. The number of fused-ring (bicyclic) bond motifs is 1. The van der Waals surface area contributed by atoms with Crippen molar-refractivity contribution in [2.45, 2.75) is 43.1 Å². The lowest BCUT2D eigenvalue weighted by atomic mass is 9.77. The number of aliphatic hydroxyl groups excluding tert-OH is 3. The number of methoxy groups -OCH3 is 1. The SMILES string of the molecule is COc1ccc(C(Nc2ncnc3c2ncn3[C@@H]2O[C@H]([C@H](C)O)[C@@H](O)[C@H]2O)(c2ccccc2)c2ccccc2)cc1. The molecule has 210 valence electrons. The summed E-state index contributed by atoms with van der Waals surface area (Å²) in [7, 11) is 1.64. The molecular weight excluding hydrogens is 522 g/mol. The third-order valence-corrected chi connectivity index (χ3v) is 7.63. The van der Waals surface area contributed by atoms with Crippen molar-refractivity contribution in [1.82, 2.24) is 19.5 Å². The van der Waals surface area contributed by atoms with Crippen LogP contribution in [0.3, 0.4) is 0 Å². The number of rotatable bonds is 8. The third kappa shape index (κ3) is 4.60. The Kier molecular flexibility index (Phi) is 7.14. The molecule has 1 saturated heterocycles. The van der Waals surface area contributed by atoms with Gasteiger partial charge in [0, 0.05) is 0 Å². The second kappa shape index (κ2) is 10.9. The average Bonchev–Trinajstić information content (AvgIpc) is 3.58. The van der Waals surface area contributed by atoms with Gasteiger partial charge in [-0.2, -0.15) is 0 Å². The second-order valence-electron chi connectivity index (χ2n) is 10.1. The Hall–Kier alpha value is -4.35. The van der Waals surface area contributed by atoms with E-state index >= 15 is 0 Å². The van der Waals surface area contributed by atoms with Crippen LogP contribution in [0.25, 0.3) is 11.2 Å². The van der Waals surface area contributed by atoms with Crippen molar-refractivity contribution in [1.29, 1.82) is 0 Å². The van der Waals surface area contributed by atoms with Crippen molar-refractivity contribution in [2.75, 3.05) is 12.4 Å². The fourth-order valence-corrected chi connectivity index (χ4v) is 5.56. The summed E-state index contributed by atoms with van der Waals surface area (Å²) in [4.78, 5) is 13.7. The minimum Gasteiger partial charge on any atom is -0.497 e. The quantitative estimate of drug-likeness (QED) is 0.214. The molecule has 0 bridgehead atoms. The molecule has 0 radical (unpaired) electrons. The van der Waals surface area contributed by atoms with E-state index in [1.807, 2.05) is 60.7 Å². The van der Waals surface area contributed by atoms with Crippen LogP contribution in [0, 0.1) is 0 Å². The maximum absolute atomic E-state index is 10.7. The van der Waals surface area contributed by atoms with E-state index in [1.165, 1.54) is 19.6 Å². The third-order valence-electron chi connectivity index (χ3n) is 7.63. The molecule has 1 aliphatic rings. The van der Waals surface area contributed by atoms with E-state index < -0.39 is 36.2 Å². The second-order valence-corrected chi connectivity index (χ2v) is 10.1. The Labute approximate surface area is 236 Å². The molecule has 41 heavy (non-hydrogen) atoms. The molecule has 0 saturated carbocycles. The molecule has 2 aromatic heterocycles. The summed E-state index contributed by atoms with van der Waals surface area (Å²) in [6.45, 7) is 1.51. The Balaban J connectivity index is 1.51. The smallest absolute Gasteiger partial charge is 0.167 e. The number of nitrogens with zero attached hydrogens (tertiary/aromatic N) is 4. The molecule has 10 heteroatoms. The Morgan fingerprint density at radius 2 is 1.46 bits per heavy atom. The van der Waals surface area contributed by atoms with Gasteiger partial charge in [-0.3, -0.25) is 4.57 Å². The lowest BCUT2D eigenvalue weighted by molar-refractivity contribution is -0.0777. The van der Waals surface area contributed by atoms with Gasteiger partial charge < -0.3 is 30.1 Å². The lowest BCUT2D eigenvalue weighted by Gasteiger charge is -2.37. The standard InChI is InChI=1S/C31H31N5O5/c1-19(37)27-25(38)26(39)30(41-27)36-18-34-24-28(32-17-33-29(24)36)35-31(20-9-5-3-6-10-20,21-11-7-4-8-12-21)22-13-15-23(40-2)16-14-22/h3-19,25-27,30,37-39H,1-2H3,(H,32,33,35)/t19-,25-,26+,27+,30+/m0/s1. The van der Waals surface area contributed by atoms with Gasteiger partial charge in [-0.05, 0) is 35.7 Å². The normalized spacial score (nSPS) is 21.6. The number of hydrogen-bond acceptors (Lipinski definition) is 9. The van der Waals surface area contributed by atoms with Crippen molar-refractivity contribution in [2.24, 2.45) is 0 Å². The number of imidazole rings is 1. The van der Waals surface area contributed by atoms with Crippen molar-refractivity contribution < 1.29 is 24.8 Å². The van der Waals surface area contributed by atoms with Crippen molar-refractivity contribution in [3.63, 3.8) is 0 Å². The molecule has 1 fully saturated rings. The van der Waals surface area contributed by atoms with Crippen LogP contribution in [-0.2, 0) is 10.3 Å². The first kappa shape index (κ1) is 26.9. The van der Waals surface area contributed by atoms with Gasteiger partial charge in [-0.15, -0.1) is 0 Å². The van der Waals surface area contributed by atoms with Crippen molar-refractivity contribution in [3.8, 4) is 5.75 Å². The van der Waals surface area contributed by atoms with Crippen molar-refractivity contribution >= 4 is 17.0 Å². The van der Waals surface area contributed by atoms with E-state index in [2.05, 4.69) is 44.5 Å². The van der Waals surface area contributed by atoms with Gasteiger partial charge in [0.05, 0.1) is 19.5 Å². The molecule has 0 amide bonds. The summed E-state index contributed by atoms with van der Waals surface area (Å²) >= 11 is 0. The average molecular weight is 554 g/mol. The highest BCUT2D eigenvalue weighted by Crippen LogP contribution is 2.41. The van der Waals surface area contributed by atoms with Gasteiger partial charge in [-0.25, -0.2) is 15.0 Å². The highest BCUT2D eigenvalue weighted by Gasteiger charge is 2.46. The zero-order valence-electron chi connectivity index (χ0n) is 22.6. The largest absolute Gasteiger partial charge is 0.497 e. The highest BCUT2D eigenvalue weighted by molar-refractivity contribution is 5.84. The molecule has 4 N–H and O–H groups in total. The molecule has 1 aliphatic heterocycles. The molecule has 5 aromatic rings. The summed E-state index contributed by atoms with van der Waals surface area (Å²) in [5.41, 5.74) is 2.84. The molecule has 10 nitrogen and oxygen atoms in total. The molecule has 6 rings (SSSR count). The number of benzene rings is 3. The van der Waals surface area contributed by atoms with E-state index in [1.54, 1.807) is 11.7 Å². The number of nitrogens with one attached hydrogen (secondary N) is 1. The van der Waals surface area contributed by atoms with Crippen LogP contribution in [-0.4, -0.2) is 66.4 Å². The molecule has 5 atom stereocenters. The molecular formula is C31H31N5O5. The minimum absolute atomic E-state index is 0.398. The van der Waals surface area contributed by atoms with Crippen LogP contribution >= 0.6 is 0 Å². The number of aromatic nitrogens is 4. The van der Waals surface area contributed by atoms with Gasteiger partial charge in [-0.1, -0.05) is 72.8 Å². The van der Waals surface area contributed by atoms with E-state index in [0.717, 1.165) is 22.4 Å². The van der Waals surface area contributed by atoms with Gasteiger partial charge in [0.2, 0.25) is 0 Å². The lowest BCUT2D eigenvalue weighted by Crippen LogP contribution is -2.38. The Morgan fingerprint density at radius 3 is 2.02 bits per heavy atom. The van der Waals surface area contributed by atoms with E-state index in [4.69, 9.17) is 9.47 Å². The van der Waals surface area contributed by atoms with Gasteiger partial charge in [0.15, 0.2) is 23.2 Å². The first-order valence-electron chi connectivity index (χ1n) is 13.3. The molecule has 3 aromatic carbocycles. The zero-order valence-corrected chi connectivity index (χ0v) is 22.6. The summed E-state index contributed by atoms with van der Waals surface area (Å²) in [5.74, 6) is 1.19. The fourth-order valence-electron chi connectivity index (χ4n) is 5.56. The number of hydrogen-bond donors (Lipinski definition) is 4. The summed E-state index contributed by atoms with van der Waals surface area (Å²) < 4.78 is 12.8. The maximum Gasteiger partial charge on any atom is 0.167 e. The Bertz CT molecular complexity index is 1570. The van der Waals surface area contributed by atoms with Crippen LogP contribution in [0.1, 0.15) is 29.8 Å². The minimum atomic E-state index is -1.29. The molecule has 0 spiro atoms. The van der Waals surface area contributed by atoms with Crippen LogP contribution in [0.2, 0.25) is 0 Å². The summed E-state index contributed by atoms with van der Waals surface area (Å²) in [5, 5.41) is 35.0. The topological polar surface area (TPSA) is 135 Å². The van der Waals surface area contributed by atoms with Crippen LogP contribution in [0.5, 0.6) is 5.75 Å². The summed E-state index contributed by atoms with van der Waals surface area (Å²) in [6, 6.07) is 28.0. The molecule has 0 aliphatic carbocycles. The van der Waals surface area contributed by atoms with E-state index in [0.29, 0.717) is 17.0 Å². The zero-order chi connectivity index (χ0) is 28.6. The van der Waals surface area contributed by atoms with E-state index in [-0.39, 0.29) is 0 Å². The fraction of sp³-hybridized carbons (Fsp3) is 0.258. The monoisotopic (exact) mass is 553 g/mol. The van der Waals surface area contributed by atoms with E-state index in [9.17, 15) is 15.3 Å². The van der Waals surface area contributed by atoms with Gasteiger partial charge in [0.1, 0.15) is 35.9 Å². The number of aliphatic hydroxyl groups is 3. The predicted molar refractivity (Wildman–Crippen MR) is 152 cm³/mol. The number of anilines is 1. The first-order chi connectivity index (χ1) is 19.9. The highest BCUT2D eigenvalue weighted by atomic mass is 16.6. The molecule has 3 heterocycles. The first-order valence-corrected chi connectivity index (χ1v) is 13.3. The number of ether oxygens (including phenoxy) is 2. The van der Waals surface area contributed by atoms with Crippen molar-refractivity contribution in [3.05, 3.63) is 114 Å². The van der Waals surface area contributed by atoms with Crippen LogP contribution in [0.15, 0.2) is 97.6 Å². The van der Waals surface area contributed by atoms with Gasteiger partial charge in [0.25, 0.3) is 0 Å². The van der Waals surface area contributed by atoms with Crippen LogP contribution in [0.4, 0.5) is 5.82 Å². The molecule has 0 unspecified atom stereocenters. The predicted octanol–water partition coefficient (Wildman–Crippen LogP) is 3.24. The van der Waals surface area contributed by atoms with Gasteiger partial charge >= 0.3 is 0 Å². The summed E-state index contributed by atoms with van der Waals surface area (Å²) in [6.07, 6.45) is -2.57. The Morgan fingerprint density at radius 1 is 0.854 bits per heavy atom.